The molecular formula is C18H11BrClNOS. The molecule has 1 heterocycles. The molecule has 5 heteroatoms. The number of fused-ring (bicyclic) bond motifs is 3. The van der Waals surface area contributed by atoms with Crippen LogP contribution in [0.5, 0.6) is 0 Å². The van der Waals surface area contributed by atoms with Crippen LogP contribution in [0, 0.1) is 0 Å². The molecule has 4 aromatic rings. The standard InChI is InChI=1S/C18H11BrClNOS/c19-14-8-4-2-6-12(14)10-23-18-21-16-13-7-3-1-5-11(13)9-15(20)17(16)22-18/h1-9H,10H2. The number of oxazole rings is 1. The van der Waals surface area contributed by atoms with E-state index in [1.165, 1.54) is 5.56 Å². The highest BCUT2D eigenvalue weighted by Crippen LogP contribution is 2.35. The molecule has 0 saturated heterocycles. The molecule has 3 aromatic carbocycles. The van der Waals surface area contributed by atoms with E-state index in [1.807, 2.05) is 48.5 Å². The van der Waals surface area contributed by atoms with Gasteiger partial charge in [0.05, 0.1) is 5.02 Å². The van der Waals surface area contributed by atoms with Crippen LogP contribution in [-0.4, -0.2) is 4.98 Å². The fourth-order valence-corrected chi connectivity index (χ4v) is 4.19. The fourth-order valence-electron chi connectivity index (χ4n) is 2.50. The van der Waals surface area contributed by atoms with Crippen LogP contribution in [0.25, 0.3) is 21.9 Å². The van der Waals surface area contributed by atoms with Gasteiger partial charge in [-0.3, -0.25) is 0 Å². The molecule has 0 aliphatic heterocycles. The Kier molecular flexibility index (Phi) is 4.05. The van der Waals surface area contributed by atoms with Gasteiger partial charge in [-0.1, -0.05) is 81.8 Å². The van der Waals surface area contributed by atoms with Crippen molar-refractivity contribution in [3.8, 4) is 0 Å². The van der Waals surface area contributed by atoms with Gasteiger partial charge in [-0.2, -0.15) is 0 Å². The number of aromatic nitrogens is 1. The summed E-state index contributed by atoms with van der Waals surface area (Å²) in [4.78, 5) is 4.64. The molecule has 0 bridgehead atoms. The highest BCUT2D eigenvalue weighted by Gasteiger charge is 2.14. The second-order valence-corrected chi connectivity index (χ2v) is 7.31. The van der Waals surface area contributed by atoms with Crippen LogP contribution in [0.15, 0.2) is 68.7 Å². The molecule has 114 valence electrons. The Labute approximate surface area is 151 Å². The maximum absolute atomic E-state index is 6.34. The number of halogens is 2. The van der Waals surface area contributed by atoms with E-state index in [-0.39, 0.29) is 0 Å². The van der Waals surface area contributed by atoms with E-state index in [9.17, 15) is 0 Å². The monoisotopic (exact) mass is 403 g/mol. The van der Waals surface area contributed by atoms with Crippen LogP contribution in [0.1, 0.15) is 5.56 Å². The Morgan fingerprint density at radius 3 is 2.74 bits per heavy atom. The summed E-state index contributed by atoms with van der Waals surface area (Å²) in [7, 11) is 0. The summed E-state index contributed by atoms with van der Waals surface area (Å²) in [5, 5.41) is 3.36. The van der Waals surface area contributed by atoms with Crippen molar-refractivity contribution in [1.82, 2.24) is 4.98 Å². The first kappa shape index (κ1) is 15.1. The fraction of sp³-hybridized carbons (Fsp3) is 0.0556. The zero-order chi connectivity index (χ0) is 15.8. The van der Waals surface area contributed by atoms with Crippen molar-refractivity contribution in [3.63, 3.8) is 0 Å². The van der Waals surface area contributed by atoms with Gasteiger partial charge in [0.1, 0.15) is 5.52 Å². The largest absolute Gasteiger partial charge is 0.430 e. The Morgan fingerprint density at radius 2 is 1.87 bits per heavy atom. The number of rotatable bonds is 3. The molecule has 0 radical (unpaired) electrons. The number of benzene rings is 3. The van der Waals surface area contributed by atoms with E-state index in [0.717, 1.165) is 26.5 Å². The predicted molar refractivity (Wildman–Crippen MR) is 100 cm³/mol. The smallest absolute Gasteiger partial charge is 0.257 e. The molecule has 0 amide bonds. The lowest BCUT2D eigenvalue weighted by Gasteiger charge is -2.00. The van der Waals surface area contributed by atoms with Crippen LogP contribution >= 0.6 is 39.3 Å². The van der Waals surface area contributed by atoms with Crippen molar-refractivity contribution < 1.29 is 4.42 Å². The highest BCUT2D eigenvalue weighted by molar-refractivity contribution is 9.10. The molecule has 4 rings (SSSR count). The average Bonchev–Trinajstić information content (AvgIpc) is 2.99. The second kappa shape index (κ2) is 6.19. The maximum Gasteiger partial charge on any atom is 0.257 e. The van der Waals surface area contributed by atoms with Gasteiger partial charge in [-0.25, -0.2) is 4.98 Å². The molecule has 0 atom stereocenters. The molecule has 0 spiro atoms. The van der Waals surface area contributed by atoms with E-state index in [1.54, 1.807) is 11.8 Å². The van der Waals surface area contributed by atoms with Crippen LogP contribution in [-0.2, 0) is 5.75 Å². The minimum Gasteiger partial charge on any atom is -0.430 e. The molecule has 0 fully saturated rings. The zero-order valence-electron chi connectivity index (χ0n) is 11.9. The zero-order valence-corrected chi connectivity index (χ0v) is 15.1. The quantitative estimate of drug-likeness (QED) is 0.356. The third-order valence-corrected chi connectivity index (χ3v) is 5.56. The molecule has 0 aliphatic carbocycles. The highest BCUT2D eigenvalue weighted by atomic mass is 79.9. The molecule has 23 heavy (non-hydrogen) atoms. The summed E-state index contributed by atoms with van der Waals surface area (Å²) in [6, 6.07) is 18.1. The molecule has 0 N–H and O–H groups in total. The van der Waals surface area contributed by atoms with Crippen LogP contribution < -0.4 is 0 Å². The lowest BCUT2D eigenvalue weighted by molar-refractivity contribution is 0.489. The Hall–Kier alpha value is -1.49. The summed E-state index contributed by atoms with van der Waals surface area (Å²) in [6.07, 6.45) is 0. The molecule has 0 aliphatic rings. The molecule has 0 unspecified atom stereocenters. The topological polar surface area (TPSA) is 26.0 Å². The van der Waals surface area contributed by atoms with Crippen molar-refractivity contribution in [2.24, 2.45) is 0 Å². The van der Waals surface area contributed by atoms with Crippen molar-refractivity contribution in [1.29, 1.82) is 0 Å². The van der Waals surface area contributed by atoms with Crippen LogP contribution in [0.2, 0.25) is 5.02 Å². The van der Waals surface area contributed by atoms with E-state index in [2.05, 4.69) is 27.0 Å². The van der Waals surface area contributed by atoms with Crippen molar-refractivity contribution in [2.75, 3.05) is 0 Å². The van der Waals surface area contributed by atoms with Crippen LogP contribution in [0.4, 0.5) is 0 Å². The third-order valence-electron chi connectivity index (χ3n) is 3.63. The Balaban J connectivity index is 1.73. The molecule has 1 aromatic heterocycles. The lowest BCUT2D eigenvalue weighted by Crippen LogP contribution is -1.82. The lowest BCUT2D eigenvalue weighted by atomic mass is 10.1. The summed E-state index contributed by atoms with van der Waals surface area (Å²) in [5.41, 5.74) is 2.68. The second-order valence-electron chi connectivity index (χ2n) is 5.12. The van der Waals surface area contributed by atoms with Gasteiger partial charge in [0.15, 0.2) is 5.58 Å². The summed E-state index contributed by atoms with van der Waals surface area (Å²) < 4.78 is 6.96. The number of hydrogen-bond donors (Lipinski definition) is 0. The normalized spacial score (nSPS) is 11.4. The number of hydrogen-bond acceptors (Lipinski definition) is 3. The first-order valence-corrected chi connectivity index (χ1v) is 9.22. The van der Waals surface area contributed by atoms with E-state index >= 15 is 0 Å². The van der Waals surface area contributed by atoms with Gasteiger partial charge in [0.25, 0.3) is 5.22 Å². The van der Waals surface area contributed by atoms with Crippen LogP contribution in [0.3, 0.4) is 0 Å². The molecule has 0 saturated carbocycles. The number of thioether (sulfide) groups is 1. The number of nitrogens with zero attached hydrogens (tertiary/aromatic N) is 1. The average molecular weight is 405 g/mol. The van der Waals surface area contributed by atoms with E-state index in [4.69, 9.17) is 16.0 Å². The first-order chi connectivity index (χ1) is 11.2. The van der Waals surface area contributed by atoms with E-state index < -0.39 is 0 Å². The summed E-state index contributed by atoms with van der Waals surface area (Å²) >= 11 is 11.5. The Bertz CT molecular complexity index is 1010. The Morgan fingerprint density at radius 1 is 1.09 bits per heavy atom. The first-order valence-electron chi connectivity index (χ1n) is 7.06. The van der Waals surface area contributed by atoms with Gasteiger partial charge in [-0.15, -0.1) is 0 Å². The maximum atomic E-state index is 6.34. The minimum absolute atomic E-state index is 0.596. The SMILES string of the molecule is Clc1cc2ccccc2c2nc(SCc3ccccc3Br)oc12. The van der Waals surface area contributed by atoms with Gasteiger partial charge < -0.3 is 4.42 Å². The van der Waals surface area contributed by atoms with Gasteiger partial charge in [0, 0.05) is 15.6 Å². The van der Waals surface area contributed by atoms with Gasteiger partial charge >= 0.3 is 0 Å². The summed E-state index contributed by atoms with van der Waals surface area (Å²) in [6.45, 7) is 0. The van der Waals surface area contributed by atoms with Gasteiger partial charge in [-0.05, 0) is 23.1 Å². The molecular weight excluding hydrogens is 394 g/mol. The van der Waals surface area contributed by atoms with Gasteiger partial charge in [0.2, 0.25) is 0 Å². The van der Waals surface area contributed by atoms with E-state index in [0.29, 0.717) is 15.8 Å². The van der Waals surface area contributed by atoms with Crippen molar-refractivity contribution in [3.05, 3.63) is 69.7 Å². The predicted octanol–water partition coefficient (Wildman–Crippen LogP) is 6.69. The van der Waals surface area contributed by atoms with Crippen molar-refractivity contribution >= 4 is 61.2 Å². The minimum atomic E-state index is 0.596. The summed E-state index contributed by atoms with van der Waals surface area (Å²) in [5.74, 6) is 0.782. The molecule has 2 nitrogen and oxygen atoms in total. The van der Waals surface area contributed by atoms with Crippen molar-refractivity contribution in [2.45, 2.75) is 11.0 Å². The third kappa shape index (κ3) is 2.87.